The Kier molecular flexibility index (Phi) is 5.71. The third-order valence-electron chi connectivity index (χ3n) is 6.75. The van der Waals surface area contributed by atoms with E-state index in [9.17, 15) is 9.59 Å². The van der Waals surface area contributed by atoms with Crippen molar-refractivity contribution in [1.82, 2.24) is 24.7 Å². The van der Waals surface area contributed by atoms with E-state index in [0.29, 0.717) is 18.9 Å². The van der Waals surface area contributed by atoms with Gasteiger partial charge >= 0.3 is 0 Å². The Morgan fingerprint density at radius 2 is 2.00 bits per heavy atom. The second kappa shape index (κ2) is 8.23. The van der Waals surface area contributed by atoms with Gasteiger partial charge in [-0.15, -0.1) is 0 Å². The Morgan fingerprint density at radius 3 is 2.79 bits per heavy atom. The number of rotatable bonds is 6. The highest BCUT2D eigenvalue weighted by Crippen LogP contribution is 2.39. The molecule has 0 aliphatic carbocycles. The van der Waals surface area contributed by atoms with Gasteiger partial charge < -0.3 is 14.8 Å². The van der Waals surface area contributed by atoms with Gasteiger partial charge in [-0.1, -0.05) is 6.92 Å². The molecular weight excluding hydrogens is 354 g/mol. The molecule has 0 unspecified atom stereocenters. The molecule has 7 heteroatoms. The summed E-state index contributed by atoms with van der Waals surface area (Å²) in [6.07, 6.45) is 11.2. The molecule has 2 amide bonds. The van der Waals surface area contributed by atoms with Crippen LogP contribution in [0, 0.1) is 0 Å². The number of aryl methyl sites for hydroxylation is 2. The number of hydrogen-bond acceptors (Lipinski definition) is 4. The quantitative estimate of drug-likeness (QED) is 0.804. The summed E-state index contributed by atoms with van der Waals surface area (Å²) in [6.45, 7) is 6.30. The van der Waals surface area contributed by atoms with Crippen LogP contribution in [0.4, 0.5) is 0 Å². The number of nitrogens with one attached hydrogen (secondary N) is 1. The van der Waals surface area contributed by atoms with Gasteiger partial charge in [0.25, 0.3) is 0 Å². The third kappa shape index (κ3) is 3.69. The van der Waals surface area contributed by atoms with E-state index in [-0.39, 0.29) is 17.5 Å². The number of fused-ring (bicyclic) bond motifs is 1. The van der Waals surface area contributed by atoms with E-state index in [4.69, 9.17) is 0 Å². The average Bonchev–Trinajstić information content (AvgIpc) is 3.44. The number of carbonyl (C=O) groups is 2. The molecule has 2 atom stereocenters. The number of hydrogen-bond donors (Lipinski definition) is 1. The molecule has 1 aromatic rings. The number of nitrogens with zero attached hydrogens (tertiary/aromatic N) is 4. The van der Waals surface area contributed by atoms with Gasteiger partial charge in [0.05, 0.1) is 0 Å². The molecule has 28 heavy (non-hydrogen) atoms. The molecule has 0 saturated carbocycles. The highest BCUT2D eigenvalue weighted by molar-refractivity contribution is 5.87. The lowest BCUT2D eigenvalue weighted by molar-refractivity contribution is -0.144. The van der Waals surface area contributed by atoms with Crippen molar-refractivity contribution in [3.8, 4) is 0 Å². The van der Waals surface area contributed by atoms with Crippen LogP contribution in [0.1, 0.15) is 57.7 Å². The molecule has 1 aromatic heterocycles. The van der Waals surface area contributed by atoms with E-state index < -0.39 is 0 Å². The highest BCUT2D eigenvalue weighted by atomic mass is 16.2. The molecule has 3 fully saturated rings. The van der Waals surface area contributed by atoms with Gasteiger partial charge in [-0.2, -0.15) is 0 Å². The lowest BCUT2D eigenvalue weighted by Gasteiger charge is -2.42. The zero-order chi connectivity index (χ0) is 19.6. The van der Waals surface area contributed by atoms with Gasteiger partial charge in [0.1, 0.15) is 11.4 Å². The number of carbonyl (C=O) groups excluding carboxylic acids is 2. The Balaban J connectivity index is 1.36. The molecule has 7 nitrogen and oxygen atoms in total. The zero-order valence-electron chi connectivity index (χ0n) is 17.0. The average molecular weight is 388 g/mol. The Labute approximate surface area is 167 Å². The molecule has 0 bridgehead atoms. The van der Waals surface area contributed by atoms with Gasteiger partial charge in [-0.25, -0.2) is 4.98 Å². The van der Waals surface area contributed by atoms with E-state index in [1.54, 1.807) is 6.20 Å². The van der Waals surface area contributed by atoms with E-state index in [2.05, 4.69) is 31.6 Å². The fraction of sp³-hybridized carbons (Fsp3) is 0.762. The first-order valence-electron chi connectivity index (χ1n) is 11.0. The lowest BCUT2D eigenvalue weighted by atomic mass is 9.84. The van der Waals surface area contributed by atoms with Gasteiger partial charge in [-0.3, -0.25) is 14.5 Å². The summed E-state index contributed by atoms with van der Waals surface area (Å²) < 4.78 is 2.05. The van der Waals surface area contributed by atoms with Gasteiger partial charge in [0.15, 0.2) is 0 Å². The van der Waals surface area contributed by atoms with Gasteiger partial charge in [0, 0.05) is 57.5 Å². The van der Waals surface area contributed by atoms with Crippen molar-refractivity contribution in [2.75, 3.05) is 26.2 Å². The predicted molar refractivity (Wildman–Crippen MR) is 107 cm³/mol. The van der Waals surface area contributed by atoms with Crippen molar-refractivity contribution in [1.29, 1.82) is 0 Å². The van der Waals surface area contributed by atoms with E-state index in [0.717, 1.165) is 76.9 Å². The van der Waals surface area contributed by atoms with Crippen LogP contribution in [0.25, 0.3) is 0 Å². The molecule has 154 valence electrons. The largest absolute Gasteiger partial charge is 0.352 e. The SMILES string of the molecule is CCc1nccn1CCC(=O)N[C@@H]1CN2CCCC[C@@]2(C(=O)N2CCCC2)C1. The summed E-state index contributed by atoms with van der Waals surface area (Å²) >= 11 is 0. The first-order valence-corrected chi connectivity index (χ1v) is 11.0. The van der Waals surface area contributed by atoms with Crippen molar-refractivity contribution >= 4 is 11.8 Å². The van der Waals surface area contributed by atoms with Gasteiger partial charge in [0.2, 0.25) is 11.8 Å². The number of likely N-dealkylation sites (tertiary alicyclic amines) is 1. The number of aromatic nitrogens is 2. The normalized spacial score (nSPS) is 27.8. The summed E-state index contributed by atoms with van der Waals surface area (Å²) in [7, 11) is 0. The predicted octanol–water partition coefficient (Wildman–Crippen LogP) is 1.57. The minimum atomic E-state index is -0.375. The highest BCUT2D eigenvalue weighted by Gasteiger charge is 2.53. The maximum Gasteiger partial charge on any atom is 0.243 e. The maximum absolute atomic E-state index is 13.3. The topological polar surface area (TPSA) is 70.5 Å². The van der Waals surface area contributed by atoms with Crippen LogP contribution < -0.4 is 5.32 Å². The van der Waals surface area contributed by atoms with Crippen LogP contribution in [-0.4, -0.2) is 68.9 Å². The summed E-state index contributed by atoms with van der Waals surface area (Å²) in [5.41, 5.74) is -0.375. The van der Waals surface area contributed by atoms with Crippen LogP contribution in [-0.2, 0) is 22.6 Å². The maximum atomic E-state index is 13.3. The van der Waals surface area contributed by atoms with Crippen molar-refractivity contribution in [2.24, 2.45) is 0 Å². The third-order valence-corrected chi connectivity index (χ3v) is 6.75. The zero-order valence-corrected chi connectivity index (χ0v) is 17.0. The molecule has 0 radical (unpaired) electrons. The fourth-order valence-electron chi connectivity index (χ4n) is 5.35. The van der Waals surface area contributed by atoms with Crippen molar-refractivity contribution < 1.29 is 9.59 Å². The van der Waals surface area contributed by atoms with Crippen LogP contribution >= 0.6 is 0 Å². The Bertz CT molecular complexity index is 711. The van der Waals surface area contributed by atoms with Crippen LogP contribution in [0.3, 0.4) is 0 Å². The summed E-state index contributed by atoms with van der Waals surface area (Å²) in [5.74, 6) is 1.40. The fourth-order valence-corrected chi connectivity index (χ4v) is 5.35. The van der Waals surface area contributed by atoms with Crippen molar-refractivity contribution in [3.05, 3.63) is 18.2 Å². The molecular formula is C21H33N5O2. The monoisotopic (exact) mass is 387 g/mol. The van der Waals surface area contributed by atoms with E-state index >= 15 is 0 Å². The first kappa shape index (κ1) is 19.4. The minimum Gasteiger partial charge on any atom is -0.352 e. The molecule has 0 spiro atoms. The minimum absolute atomic E-state index is 0.0735. The second-order valence-corrected chi connectivity index (χ2v) is 8.54. The molecule has 4 rings (SSSR count). The van der Waals surface area contributed by atoms with Crippen LogP contribution in [0.5, 0.6) is 0 Å². The lowest BCUT2D eigenvalue weighted by Crippen LogP contribution is -2.58. The molecule has 3 aliphatic heterocycles. The standard InChI is InChI=1S/C21H33N5O2/c1-2-18-22-9-14-24(18)13-7-19(27)23-17-15-21(8-3-4-12-26(21)16-17)20(28)25-10-5-6-11-25/h9,14,17H,2-8,10-13,15-16H2,1H3,(H,23,27)/t17-,21-/m0/s1. The Morgan fingerprint density at radius 1 is 1.21 bits per heavy atom. The second-order valence-electron chi connectivity index (χ2n) is 8.54. The van der Waals surface area contributed by atoms with Crippen molar-refractivity contribution in [2.45, 2.75) is 76.4 Å². The molecule has 4 heterocycles. The van der Waals surface area contributed by atoms with Gasteiger partial charge in [-0.05, 0) is 45.1 Å². The summed E-state index contributed by atoms with van der Waals surface area (Å²) in [6, 6.07) is 0.0746. The van der Waals surface area contributed by atoms with Crippen LogP contribution in [0.15, 0.2) is 12.4 Å². The summed E-state index contributed by atoms with van der Waals surface area (Å²) in [4.78, 5) is 34.7. The van der Waals surface area contributed by atoms with Crippen molar-refractivity contribution in [3.63, 3.8) is 0 Å². The van der Waals surface area contributed by atoms with E-state index in [1.165, 1.54) is 0 Å². The van der Waals surface area contributed by atoms with Crippen LogP contribution in [0.2, 0.25) is 0 Å². The molecule has 3 aliphatic rings. The smallest absolute Gasteiger partial charge is 0.243 e. The van der Waals surface area contributed by atoms with E-state index in [1.807, 2.05) is 6.20 Å². The first-order chi connectivity index (χ1) is 13.6. The number of amides is 2. The Hall–Kier alpha value is -1.89. The number of imidazole rings is 1. The summed E-state index contributed by atoms with van der Waals surface area (Å²) in [5, 5.41) is 3.22. The number of piperidine rings is 1. The molecule has 3 saturated heterocycles. The molecule has 1 N–H and O–H groups in total. The molecule has 0 aromatic carbocycles.